The number of aromatic nitrogens is 1. The van der Waals surface area contributed by atoms with Crippen LogP contribution in [0.3, 0.4) is 0 Å². The van der Waals surface area contributed by atoms with E-state index in [4.69, 9.17) is 10.8 Å². The number of aliphatic carboxylic acids is 1. The van der Waals surface area contributed by atoms with Crippen LogP contribution in [0.1, 0.15) is 22.7 Å². The molecule has 96 valence electrons. The van der Waals surface area contributed by atoms with Gasteiger partial charge in [-0.15, -0.1) is 0 Å². The van der Waals surface area contributed by atoms with Crippen LogP contribution < -0.4 is 5.73 Å². The zero-order valence-corrected chi connectivity index (χ0v) is 10.9. The number of fused-ring (bicyclic) bond motifs is 1. The van der Waals surface area contributed by atoms with E-state index in [2.05, 4.69) is 18.4 Å². The van der Waals surface area contributed by atoms with Crippen molar-refractivity contribution < 1.29 is 9.90 Å². The average molecular weight is 246 g/mol. The molecule has 2 aromatic rings. The lowest BCUT2D eigenvalue weighted by atomic mass is 9.97. The van der Waals surface area contributed by atoms with Crippen LogP contribution in [0.25, 0.3) is 10.9 Å². The van der Waals surface area contributed by atoms with Crippen LogP contribution in [-0.4, -0.2) is 22.2 Å². The van der Waals surface area contributed by atoms with Crippen molar-refractivity contribution >= 4 is 16.9 Å². The van der Waals surface area contributed by atoms with E-state index in [1.54, 1.807) is 0 Å². The quantitative estimate of drug-likeness (QED) is 0.869. The highest BCUT2D eigenvalue weighted by atomic mass is 16.4. The van der Waals surface area contributed by atoms with Crippen molar-refractivity contribution in [2.45, 2.75) is 19.8 Å². The molecule has 0 bridgehead atoms. The Bertz CT molecular complexity index is 614. The van der Waals surface area contributed by atoms with Crippen molar-refractivity contribution in [3.63, 3.8) is 0 Å². The fourth-order valence-corrected chi connectivity index (χ4v) is 2.37. The zero-order chi connectivity index (χ0) is 13.4. The van der Waals surface area contributed by atoms with Gasteiger partial charge in [-0.2, -0.15) is 0 Å². The predicted octanol–water partition coefficient (Wildman–Crippen LogP) is 1.92. The molecule has 0 aliphatic carbocycles. The summed E-state index contributed by atoms with van der Waals surface area (Å²) >= 11 is 0. The van der Waals surface area contributed by atoms with Crippen LogP contribution in [0, 0.1) is 13.8 Å². The first kappa shape index (κ1) is 12.6. The van der Waals surface area contributed by atoms with Crippen LogP contribution in [0.2, 0.25) is 0 Å². The molecule has 2 rings (SSSR count). The van der Waals surface area contributed by atoms with Crippen LogP contribution in [-0.2, 0) is 11.8 Å². The van der Waals surface area contributed by atoms with E-state index in [0.717, 1.165) is 16.5 Å². The second kappa shape index (κ2) is 4.46. The highest BCUT2D eigenvalue weighted by molar-refractivity contribution is 5.87. The summed E-state index contributed by atoms with van der Waals surface area (Å²) < 4.78 is 2.12. The summed E-state index contributed by atoms with van der Waals surface area (Å²) in [4.78, 5) is 11.1. The van der Waals surface area contributed by atoms with Gasteiger partial charge in [0.15, 0.2) is 0 Å². The average Bonchev–Trinajstić information content (AvgIpc) is 2.55. The number of aryl methyl sites for hydroxylation is 2. The smallest absolute Gasteiger partial charge is 0.312 e. The monoisotopic (exact) mass is 246 g/mol. The second-order valence-electron chi connectivity index (χ2n) is 4.67. The van der Waals surface area contributed by atoms with Gasteiger partial charge in [-0.05, 0) is 37.1 Å². The molecule has 1 heterocycles. The maximum atomic E-state index is 11.1. The van der Waals surface area contributed by atoms with E-state index in [0.29, 0.717) is 0 Å². The number of nitrogens with two attached hydrogens (primary N) is 1. The van der Waals surface area contributed by atoms with E-state index in [-0.39, 0.29) is 6.54 Å². The molecule has 3 N–H and O–H groups in total. The highest BCUT2D eigenvalue weighted by Crippen LogP contribution is 2.27. The topological polar surface area (TPSA) is 68.2 Å². The van der Waals surface area contributed by atoms with Gasteiger partial charge in [0.05, 0.1) is 5.92 Å². The number of carbonyl (C=O) groups is 1. The molecule has 0 aliphatic rings. The number of rotatable bonds is 3. The number of hydrogen-bond donors (Lipinski definition) is 2. The molecular formula is C14H18N2O2. The zero-order valence-electron chi connectivity index (χ0n) is 10.9. The minimum absolute atomic E-state index is 0.117. The molecule has 4 heteroatoms. The molecular weight excluding hydrogens is 228 g/mol. The Kier molecular flexibility index (Phi) is 3.13. The van der Waals surface area contributed by atoms with Crippen molar-refractivity contribution in [1.29, 1.82) is 0 Å². The molecule has 4 nitrogen and oxygen atoms in total. The lowest BCUT2D eigenvalue weighted by molar-refractivity contribution is -0.138. The molecule has 18 heavy (non-hydrogen) atoms. The van der Waals surface area contributed by atoms with Crippen molar-refractivity contribution in [3.05, 3.63) is 35.0 Å². The Labute approximate surface area is 106 Å². The van der Waals surface area contributed by atoms with E-state index < -0.39 is 11.9 Å². The second-order valence-corrected chi connectivity index (χ2v) is 4.67. The Balaban J connectivity index is 2.64. The minimum Gasteiger partial charge on any atom is -0.481 e. The lowest BCUT2D eigenvalue weighted by Gasteiger charge is -2.10. The summed E-state index contributed by atoms with van der Waals surface area (Å²) in [5.41, 5.74) is 9.81. The Morgan fingerprint density at radius 1 is 1.44 bits per heavy atom. The van der Waals surface area contributed by atoms with E-state index >= 15 is 0 Å². The highest BCUT2D eigenvalue weighted by Gasteiger charge is 2.19. The first-order chi connectivity index (χ1) is 8.47. The summed E-state index contributed by atoms with van der Waals surface area (Å²) in [5.74, 6) is -1.50. The molecule has 0 saturated carbocycles. The third-order valence-corrected chi connectivity index (χ3v) is 3.77. The first-order valence-corrected chi connectivity index (χ1v) is 5.95. The summed E-state index contributed by atoms with van der Waals surface area (Å²) in [6.07, 6.45) is 0. The maximum absolute atomic E-state index is 11.1. The summed E-state index contributed by atoms with van der Waals surface area (Å²) in [7, 11) is 2.02. The Morgan fingerprint density at radius 2 is 2.11 bits per heavy atom. The number of carboxylic acid groups (broad SMARTS) is 1. The van der Waals surface area contributed by atoms with Gasteiger partial charge in [0.1, 0.15) is 0 Å². The summed E-state index contributed by atoms with van der Waals surface area (Å²) in [5, 5.41) is 10.2. The van der Waals surface area contributed by atoms with Gasteiger partial charge in [0, 0.05) is 30.2 Å². The number of benzene rings is 1. The molecule has 1 unspecified atom stereocenters. The van der Waals surface area contributed by atoms with Gasteiger partial charge in [0.2, 0.25) is 0 Å². The maximum Gasteiger partial charge on any atom is 0.312 e. The molecule has 0 saturated heterocycles. The Hall–Kier alpha value is -1.81. The predicted molar refractivity (Wildman–Crippen MR) is 71.8 cm³/mol. The van der Waals surface area contributed by atoms with Crippen molar-refractivity contribution in [3.8, 4) is 0 Å². The first-order valence-electron chi connectivity index (χ1n) is 5.95. The molecule has 1 aromatic heterocycles. The van der Waals surface area contributed by atoms with E-state index in [9.17, 15) is 4.79 Å². The number of carboxylic acids is 1. The van der Waals surface area contributed by atoms with Crippen LogP contribution in [0.5, 0.6) is 0 Å². The van der Waals surface area contributed by atoms with Crippen LogP contribution in [0.4, 0.5) is 0 Å². The van der Waals surface area contributed by atoms with Crippen molar-refractivity contribution in [2.75, 3.05) is 6.54 Å². The van der Waals surface area contributed by atoms with E-state index in [1.165, 1.54) is 11.3 Å². The largest absolute Gasteiger partial charge is 0.481 e. The van der Waals surface area contributed by atoms with Crippen molar-refractivity contribution in [2.24, 2.45) is 12.8 Å². The summed E-state index contributed by atoms with van der Waals surface area (Å²) in [6, 6.07) is 5.77. The van der Waals surface area contributed by atoms with Gasteiger partial charge >= 0.3 is 5.97 Å². The summed E-state index contributed by atoms with van der Waals surface area (Å²) in [6.45, 7) is 4.23. The third-order valence-electron chi connectivity index (χ3n) is 3.77. The molecule has 0 radical (unpaired) electrons. The van der Waals surface area contributed by atoms with Gasteiger partial charge in [-0.25, -0.2) is 0 Å². The van der Waals surface area contributed by atoms with Gasteiger partial charge in [0.25, 0.3) is 0 Å². The molecule has 0 fully saturated rings. The molecule has 1 aromatic carbocycles. The normalized spacial score (nSPS) is 12.9. The molecule has 0 amide bonds. The number of nitrogens with zero attached hydrogens (tertiary/aromatic N) is 1. The van der Waals surface area contributed by atoms with Crippen LogP contribution in [0.15, 0.2) is 18.2 Å². The third kappa shape index (κ3) is 1.78. The fourth-order valence-electron chi connectivity index (χ4n) is 2.37. The molecule has 1 atom stereocenters. The van der Waals surface area contributed by atoms with E-state index in [1.807, 2.05) is 25.2 Å². The minimum atomic E-state index is -0.873. The standard InChI is InChI=1S/C14H18N2O2/c1-8-9(2)16(3)13-5-4-10(6-11(8)13)12(7-15)14(17)18/h4-6,12H,7,15H2,1-3H3,(H,17,18). The van der Waals surface area contributed by atoms with Gasteiger partial charge in [-0.1, -0.05) is 6.07 Å². The van der Waals surface area contributed by atoms with Crippen LogP contribution >= 0.6 is 0 Å². The van der Waals surface area contributed by atoms with Gasteiger partial charge in [-0.3, -0.25) is 4.79 Å². The Morgan fingerprint density at radius 3 is 2.67 bits per heavy atom. The molecule has 0 aliphatic heterocycles. The fraction of sp³-hybridized carbons (Fsp3) is 0.357. The number of hydrogen-bond acceptors (Lipinski definition) is 2. The molecule has 0 spiro atoms. The van der Waals surface area contributed by atoms with Crippen molar-refractivity contribution in [1.82, 2.24) is 4.57 Å². The van der Waals surface area contributed by atoms with Gasteiger partial charge < -0.3 is 15.4 Å². The lowest BCUT2D eigenvalue weighted by Crippen LogP contribution is -2.21. The SMILES string of the molecule is Cc1c(C)n(C)c2ccc(C(CN)C(=O)O)cc12.